The summed E-state index contributed by atoms with van der Waals surface area (Å²) in [4.78, 5) is 11.8. The monoisotopic (exact) mass is 266 g/mol. The van der Waals surface area contributed by atoms with Gasteiger partial charge in [0.2, 0.25) is 0 Å². The maximum Gasteiger partial charge on any atom is 0.271 e. The van der Waals surface area contributed by atoms with E-state index in [4.69, 9.17) is 0 Å². The van der Waals surface area contributed by atoms with Crippen LogP contribution in [0.15, 0.2) is 59.7 Å². The fourth-order valence-electron chi connectivity index (χ4n) is 1.82. The van der Waals surface area contributed by atoms with Crippen LogP contribution in [0.25, 0.3) is 0 Å². The smallest absolute Gasteiger partial charge is 0.267 e. The first-order valence-corrected chi connectivity index (χ1v) is 6.62. The summed E-state index contributed by atoms with van der Waals surface area (Å²) in [6.45, 7) is 4.03. The molecule has 1 N–H and O–H groups in total. The van der Waals surface area contributed by atoms with E-state index in [0.29, 0.717) is 5.56 Å². The lowest BCUT2D eigenvalue weighted by Crippen LogP contribution is -2.18. The van der Waals surface area contributed by atoms with E-state index < -0.39 is 0 Å². The molecule has 0 unspecified atom stereocenters. The highest BCUT2D eigenvalue weighted by atomic mass is 16.2. The Morgan fingerprint density at radius 3 is 2.40 bits per heavy atom. The molecule has 20 heavy (non-hydrogen) atoms. The molecule has 0 saturated heterocycles. The number of benzene rings is 2. The van der Waals surface area contributed by atoms with Crippen LogP contribution in [0.1, 0.15) is 34.3 Å². The van der Waals surface area contributed by atoms with Crippen LogP contribution in [0, 0.1) is 6.92 Å². The number of carbonyl (C=O) groups is 1. The van der Waals surface area contributed by atoms with Crippen molar-refractivity contribution in [3.05, 3.63) is 71.3 Å². The summed E-state index contributed by atoms with van der Waals surface area (Å²) < 4.78 is 0. The second kappa shape index (κ2) is 6.66. The van der Waals surface area contributed by atoms with Gasteiger partial charge in [-0.1, -0.05) is 55.0 Å². The molecule has 1 amide bonds. The molecular formula is C17H18N2O. The summed E-state index contributed by atoms with van der Waals surface area (Å²) in [5.41, 5.74) is 5.46. The molecule has 0 saturated carbocycles. The Bertz CT molecular complexity index is 588. The third-order valence-corrected chi connectivity index (χ3v) is 3.10. The van der Waals surface area contributed by atoms with E-state index in [9.17, 15) is 4.79 Å². The van der Waals surface area contributed by atoms with E-state index in [2.05, 4.69) is 10.5 Å². The highest BCUT2D eigenvalue weighted by Crippen LogP contribution is 2.11. The van der Waals surface area contributed by atoms with Gasteiger partial charge in [-0.05, 0) is 24.6 Å². The Morgan fingerprint density at radius 2 is 1.75 bits per heavy atom. The van der Waals surface area contributed by atoms with Crippen LogP contribution in [0.5, 0.6) is 0 Å². The van der Waals surface area contributed by atoms with Gasteiger partial charge in [0.15, 0.2) is 0 Å². The second-order valence-electron chi connectivity index (χ2n) is 4.78. The standard InChI is InChI=1S/C17H18N2O/c1-13-8-10-16(11-9-13)17(20)19-18-12-14(2)15-6-4-3-5-7-15/h3-12,14H,1-2H3,(H,19,20)/b18-12-/t14-/m1/s1. The van der Waals surface area contributed by atoms with Gasteiger partial charge >= 0.3 is 0 Å². The first kappa shape index (κ1) is 14.0. The van der Waals surface area contributed by atoms with Crippen LogP contribution in [-0.2, 0) is 0 Å². The summed E-state index contributed by atoms with van der Waals surface area (Å²) in [5.74, 6) is -0.0315. The summed E-state index contributed by atoms with van der Waals surface area (Å²) in [6, 6.07) is 17.4. The van der Waals surface area contributed by atoms with Gasteiger partial charge < -0.3 is 0 Å². The van der Waals surface area contributed by atoms with Gasteiger partial charge in [-0.25, -0.2) is 5.43 Å². The zero-order valence-corrected chi connectivity index (χ0v) is 11.7. The molecule has 0 spiro atoms. The average Bonchev–Trinajstić information content (AvgIpc) is 2.48. The van der Waals surface area contributed by atoms with Gasteiger partial charge in [0.1, 0.15) is 0 Å². The Hall–Kier alpha value is -2.42. The molecule has 0 aliphatic carbocycles. The topological polar surface area (TPSA) is 41.5 Å². The molecule has 3 heteroatoms. The van der Waals surface area contributed by atoms with Gasteiger partial charge in [0.25, 0.3) is 5.91 Å². The maximum atomic E-state index is 11.8. The zero-order valence-electron chi connectivity index (χ0n) is 11.7. The van der Waals surface area contributed by atoms with Gasteiger partial charge in [0.05, 0.1) is 0 Å². The number of carbonyl (C=O) groups excluding carboxylic acids is 1. The maximum absolute atomic E-state index is 11.8. The van der Waals surface area contributed by atoms with Crippen molar-refractivity contribution in [3.8, 4) is 0 Å². The molecule has 1 atom stereocenters. The molecule has 0 fully saturated rings. The number of rotatable bonds is 4. The van der Waals surface area contributed by atoms with E-state index in [0.717, 1.165) is 5.56 Å². The minimum absolute atomic E-state index is 0.162. The molecule has 3 nitrogen and oxygen atoms in total. The van der Waals surface area contributed by atoms with Crippen LogP contribution >= 0.6 is 0 Å². The van der Waals surface area contributed by atoms with Crippen LogP contribution in [-0.4, -0.2) is 12.1 Å². The number of amides is 1. The molecule has 0 heterocycles. The average molecular weight is 266 g/mol. The van der Waals surface area contributed by atoms with E-state index in [-0.39, 0.29) is 11.8 Å². The third-order valence-electron chi connectivity index (χ3n) is 3.10. The highest BCUT2D eigenvalue weighted by Gasteiger charge is 2.04. The van der Waals surface area contributed by atoms with Crippen molar-refractivity contribution in [2.45, 2.75) is 19.8 Å². The summed E-state index contributed by atoms with van der Waals surface area (Å²) in [6.07, 6.45) is 1.74. The molecule has 0 aliphatic heterocycles. The van der Waals surface area contributed by atoms with Crippen molar-refractivity contribution in [1.82, 2.24) is 5.43 Å². The first-order chi connectivity index (χ1) is 9.66. The van der Waals surface area contributed by atoms with Crippen molar-refractivity contribution in [3.63, 3.8) is 0 Å². The Balaban J connectivity index is 1.93. The van der Waals surface area contributed by atoms with E-state index in [1.54, 1.807) is 18.3 Å². The van der Waals surface area contributed by atoms with Crippen LogP contribution < -0.4 is 5.43 Å². The van der Waals surface area contributed by atoms with Crippen LogP contribution in [0.3, 0.4) is 0 Å². The Kier molecular flexibility index (Phi) is 4.66. The van der Waals surface area contributed by atoms with Crippen LogP contribution in [0.4, 0.5) is 0 Å². The fourth-order valence-corrected chi connectivity index (χ4v) is 1.82. The molecule has 0 aliphatic rings. The summed E-state index contributed by atoms with van der Waals surface area (Å²) in [7, 11) is 0. The lowest BCUT2D eigenvalue weighted by molar-refractivity contribution is 0.0955. The van der Waals surface area contributed by atoms with Crippen molar-refractivity contribution in [2.75, 3.05) is 0 Å². The predicted molar refractivity (Wildman–Crippen MR) is 82.0 cm³/mol. The van der Waals surface area contributed by atoms with Crippen LogP contribution in [0.2, 0.25) is 0 Å². The van der Waals surface area contributed by atoms with E-state index >= 15 is 0 Å². The number of aryl methyl sites for hydroxylation is 1. The molecule has 2 aromatic rings. The fraction of sp³-hybridized carbons (Fsp3) is 0.176. The first-order valence-electron chi connectivity index (χ1n) is 6.62. The summed E-state index contributed by atoms with van der Waals surface area (Å²) in [5, 5.41) is 4.02. The number of nitrogens with zero attached hydrogens (tertiary/aromatic N) is 1. The van der Waals surface area contributed by atoms with Crippen molar-refractivity contribution in [2.24, 2.45) is 5.10 Å². The van der Waals surface area contributed by atoms with E-state index in [1.165, 1.54) is 5.56 Å². The minimum Gasteiger partial charge on any atom is -0.267 e. The van der Waals surface area contributed by atoms with Gasteiger partial charge in [-0.15, -0.1) is 0 Å². The molecule has 0 radical (unpaired) electrons. The predicted octanol–water partition coefficient (Wildman–Crippen LogP) is 3.51. The van der Waals surface area contributed by atoms with E-state index in [1.807, 2.05) is 56.3 Å². The number of nitrogens with one attached hydrogen (secondary N) is 1. The number of hydrazone groups is 1. The Morgan fingerprint density at radius 1 is 1.10 bits per heavy atom. The van der Waals surface area contributed by atoms with Gasteiger partial charge in [0, 0.05) is 17.7 Å². The lowest BCUT2D eigenvalue weighted by Gasteiger charge is -2.05. The van der Waals surface area contributed by atoms with Crippen molar-refractivity contribution in [1.29, 1.82) is 0 Å². The minimum atomic E-state index is -0.193. The lowest BCUT2D eigenvalue weighted by atomic mass is 10.0. The third kappa shape index (κ3) is 3.79. The molecule has 102 valence electrons. The molecule has 0 bridgehead atoms. The molecule has 0 aromatic heterocycles. The highest BCUT2D eigenvalue weighted by molar-refractivity contribution is 5.94. The zero-order chi connectivity index (χ0) is 14.4. The number of hydrogen-bond donors (Lipinski definition) is 1. The number of hydrogen-bond acceptors (Lipinski definition) is 2. The summed E-state index contributed by atoms with van der Waals surface area (Å²) >= 11 is 0. The quantitative estimate of drug-likeness (QED) is 0.667. The molecule has 2 rings (SSSR count). The molecule has 2 aromatic carbocycles. The second-order valence-corrected chi connectivity index (χ2v) is 4.78. The SMILES string of the molecule is Cc1ccc(C(=O)N/N=C\[C@@H](C)c2ccccc2)cc1. The largest absolute Gasteiger partial charge is 0.271 e. The van der Waals surface area contributed by atoms with Gasteiger partial charge in [-0.2, -0.15) is 5.10 Å². The van der Waals surface area contributed by atoms with Crippen molar-refractivity contribution < 1.29 is 4.79 Å². The Labute approximate surface area is 119 Å². The normalized spacial score (nSPS) is 12.3. The van der Waals surface area contributed by atoms with Crippen molar-refractivity contribution >= 4 is 12.1 Å². The molecular weight excluding hydrogens is 248 g/mol. The van der Waals surface area contributed by atoms with Gasteiger partial charge in [-0.3, -0.25) is 4.79 Å².